The second kappa shape index (κ2) is 64.2. The first-order chi connectivity index (χ1) is 37.0. The Labute approximate surface area is 467 Å². The number of carbonyl (C=O) groups is 3. The van der Waals surface area contributed by atoms with E-state index in [1.54, 1.807) is 0 Å². The molecule has 0 amide bonds. The standard InChI is InChI=1S/C69H128O6/c1-4-7-10-13-16-18-20-22-24-26-27-28-29-30-31-32-33-34-35-36-37-38-39-40-41-43-44-46-48-50-53-56-59-62-68(71)74-65-66(64-73-67(70)61-58-55-52-15-12-9-6-3)75-69(72)63-60-57-54-51-49-47-45-42-25-23-21-19-17-14-11-8-5-2/h8,11,17,19,23,25,66H,4-7,9-10,12-16,18,20-22,24,26-65H2,1-3H3/b11-8-,19-17-,25-23-. The summed E-state index contributed by atoms with van der Waals surface area (Å²) in [6.07, 6.45) is 79.3. The second-order valence-corrected chi connectivity index (χ2v) is 22.7. The van der Waals surface area contributed by atoms with E-state index in [-0.39, 0.29) is 31.1 Å². The van der Waals surface area contributed by atoms with Gasteiger partial charge in [-0.15, -0.1) is 0 Å². The van der Waals surface area contributed by atoms with E-state index in [4.69, 9.17) is 14.2 Å². The number of ether oxygens (including phenoxy) is 3. The summed E-state index contributed by atoms with van der Waals surface area (Å²) in [6, 6.07) is 0. The molecule has 0 heterocycles. The van der Waals surface area contributed by atoms with E-state index in [1.165, 1.54) is 244 Å². The minimum Gasteiger partial charge on any atom is -0.462 e. The maximum Gasteiger partial charge on any atom is 0.306 e. The lowest BCUT2D eigenvalue weighted by Crippen LogP contribution is -2.30. The van der Waals surface area contributed by atoms with E-state index in [0.717, 1.165) is 83.5 Å². The van der Waals surface area contributed by atoms with Crippen LogP contribution in [0.15, 0.2) is 36.5 Å². The monoisotopic (exact) mass is 1050 g/mol. The zero-order valence-corrected chi connectivity index (χ0v) is 50.6. The van der Waals surface area contributed by atoms with E-state index < -0.39 is 6.10 Å². The van der Waals surface area contributed by atoms with E-state index >= 15 is 0 Å². The highest BCUT2D eigenvalue weighted by molar-refractivity contribution is 5.71. The summed E-state index contributed by atoms with van der Waals surface area (Å²) in [5, 5.41) is 0. The van der Waals surface area contributed by atoms with Crippen LogP contribution in [-0.4, -0.2) is 37.2 Å². The van der Waals surface area contributed by atoms with Crippen molar-refractivity contribution >= 4 is 17.9 Å². The number of hydrogen-bond acceptors (Lipinski definition) is 6. The van der Waals surface area contributed by atoms with E-state index in [2.05, 4.69) is 57.2 Å². The second-order valence-electron chi connectivity index (χ2n) is 22.7. The van der Waals surface area contributed by atoms with Crippen molar-refractivity contribution in [1.82, 2.24) is 0 Å². The van der Waals surface area contributed by atoms with Crippen LogP contribution in [0.25, 0.3) is 0 Å². The van der Waals surface area contributed by atoms with Crippen LogP contribution in [0.3, 0.4) is 0 Å². The van der Waals surface area contributed by atoms with Gasteiger partial charge in [0.25, 0.3) is 0 Å². The summed E-state index contributed by atoms with van der Waals surface area (Å²) in [5.41, 5.74) is 0. The van der Waals surface area contributed by atoms with Gasteiger partial charge in [-0.25, -0.2) is 0 Å². The minimum atomic E-state index is -0.773. The average Bonchev–Trinajstić information content (AvgIpc) is 3.41. The summed E-state index contributed by atoms with van der Waals surface area (Å²) < 4.78 is 16.8. The molecule has 0 aliphatic heterocycles. The highest BCUT2D eigenvalue weighted by Crippen LogP contribution is 2.19. The molecule has 0 saturated heterocycles. The molecular formula is C69H128O6. The number of hydrogen-bond donors (Lipinski definition) is 0. The molecule has 6 nitrogen and oxygen atoms in total. The van der Waals surface area contributed by atoms with Crippen molar-refractivity contribution in [3.05, 3.63) is 36.5 Å². The SMILES string of the molecule is CC/C=C\C/C=C\C/C=C\CCCCCCCCCC(=O)OC(COC(=O)CCCCCCCCC)COC(=O)CCCCCCCCCCCCCCCCCCCCCCCCCCCCCCCCCCC. The summed E-state index contributed by atoms with van der Waals surface area (Å²) in [5.74, 6) is -0.869. The molecule has 0 aliphatic carbocycles. The number of unbranched alkanes of at least 4 members (excludes halogenated alkanes) is 45. The number of allylic oxidation sites excluding steroid dienone is 6. The van der Waals surface area contributed by atoms with E-state index in [1.807, 2.05) is 0 Å². The van der Waals surface area contributed by atoms with Gasteiger partial charge in [-0.3, -0.25) is 14.4 Å². The van der Waals surface area contributed by atoms with Crippen LogP contribution < -0.4 is 0 Å². The molecular weight excluding hydrogens is 925 g/mol. The van der Waals surface area contributed by atoms with E-state index in [0.29, 0.717) is 19.3 Å². The van der Waals surface area contributed by atoms with Crippen molar-refractivity contribution in [3.8, 4) is 0 Å². The molecule has 0 fully saturated rings. The van der Waals surface area contributed by atoms with Crippen molar-refractivity contribution in [3.63, 3.8) is 0 Å². The van der Waals surface area contributed by atoms with Crippen LogP contribution >= 0.6 is 0 Å². The van der Waals surface area contributed by atoms with Gasteiger partial charge in [-0.1, -0.05) is 333 Å². The molecule has 0 aromatic carbocycles. The van der Waals surface area contributed by atoms with Gasteiger partial charge in [0.1, 0.15) is 13.2 Å². The Balaban J connectivity index is 3.94. The van der Waals surface area contributed by atoms with Crippen LogP contribution in [0.5, 0.6) is 0 Å². The summed E-state index contributed by atoms with van der Waals surface area (Å²) in [4.78, 5) is 38.0. The van der Waals surface area contributed by atoms with Gasteiger partial charge >= 0.3 is 17.9 Å². The molecule has 0 aromatic rings. The lowest BCUT2D eigenvalue weighted by Gasteiger charge is -2.18. The van der Waals surface area contributed by atoms with Crippen LogP contribution in [-0.2, 0) is 28.6 Å². The molecule has 440 valence electrons. The predicted octanol–water partition coefficient (Wildman–Crippen LogP) is 22.8. The Kier molecular flexibility index (Phi) is 62.1. The molecule has 0 radical (unpaired) electrons. The van der Waals surface area contributed by atoms with Crippen LogP contribution in [0.4, 0.5) is 0 Å². The molecule has 0 spiro atoms. The quantitative estimate of drug-likeness (QED) is 0.0261. The molecule has 6 heteroatoms. The summed E-state index contributed by atoms with van der Waals surface area (Å²) in [7, 11) is 0. The van der Waals surface area contributed by atoms with Gasteiger partial charge < -0.3 is 14.2 Å². The highest BCUT2D eigenvalue weighted by atomic mass is 16.6. The third-order valence-electron chi connectivity index (χ3n) is 15.2. The van der Waals surface area contributed by atoms with Gasteiger partial charge in [0, 0.05) is 19.3 Å². The molecule has 0 aliphatic rings. The first-order valence-electron chi connectivity index (χ1n) is 33.5. The maximum absolute atomic E-state index is 12.8. The molecule has 1 unspecified atom stereocenters. The largest absolute Gasteiger partial charge is 0.462 e. The fourth-order valence-electron chi connectivity index (χ4n) is 10.2. The Hall–Kier alpha value is -2.37. The third kappa shape index (κ3) is 62.4. The van der Waals surface area contributed by atoms with Crippen molar-refractivity contribution in [1.29, 1.82) is 0 Å². The summed E-state index contributed by atoms with van der Waals surface area (Å²) >= 11 is 0. The van der Waals surface area contributed by atoms with Gasteiger partial charge in [-0.2, -0.15) is 0 Å². The lowest BCUT2D eigenvalue weighted by atomic mass is 10.0. The molecule has 0 saturated carbocycles. The van der Waals surface area contributed by atoms with Crippen molar-refractivity contribution in [2.75, 3.05) is 13.2 Å². The predicted molar refractivity (Wildman–Crippen MR) is 326 cm³/mol. The fourth-order valence-corrected chi connectivity index (χ4v) is 10.2. The van der Waals surface area contributed by atoms with Gasteiger partial charge in [-0.05, 0) is 51.4 Å². The van der Waals surface area contributed by atoms with Crippen molar-refractivity contribution in [2.45, 2.75) is 374 Å². The third-order valence-corrected chi connectivity index (χ3v) is 15.2. The normalized spacial score (nSPS) is 12.2. The first-order valence-corrected chi connectivity index (χ1v) is 33.5. The van der Waals surface area contributed by atoms with Crippen molar-refractivity contribution in [2.24, 2.45) is 0 Å². The van der Waals surface area contributed by atoms with E-state index in [9.17, 15) is 14.4 Å². The average molecular weight is 1050 g/mol. The molecule has 0 N–H and O–H groups in total. The maximum atomic E-state index is 12.8. The first kappa shape index (κ1) is 72.6. The Morgan fingerprint density at radius 3 is 0.813 bits per heavy atom. The minimum absolute atomic E-state index is 0.0720. The number of carbonyl (C=O) groups excluding carboxylic acids is 3. The highest BCUT2D eigenvalue weighted by Gasteiger charge is 2.19. The van der Waals surface area contributed by atoms with Crippen molar-refractivity contribution < 1.29 is 28.6 Å². The van der Waals surface area contributed by atoms with Crippen LogP contribution in [0, 0.1) is 0 Å². The van der Waals surface area contributed by atoms with Gasteiger partial charge in [0.05, 0.1) is 0 Å². The Morgan fingerprint density at radius 2 is 0.520 bits per heavy atom. The smallest absolute Gasteiger partial charge is 0.306 e. The topological polar surface area (TPSA) is 78.9 Å². The molecule has 0 rings (SSSR count). The number of esters is 3. The number of rotatable bonds is 62. The zero-order chi connectivity index (χ0) is 54.3. The Morgan fingerprint density at radius 1 is 0.280 bits per heavy atom. The zero-order valence-electron chi connectivity index (χ0n) is 50.6. The molecule has 0 bridgehead atoms. The summed E-state index contributed by atoms with van der Waals surface area (Å²) in [6.45, 7) is 6.53. The lowest BCUT2D eigenvalue weighted by molar-refractivity contribution is -0.167. The van der Waals surface area contributed by atoms with Crippen LogP contribution in [0.1, 0.15) is 367 Å². The Bertz CT molecular complexity index is 1250. The fraction of sp³-hybridized carbons (Fsp3) is 0.870. The molecule has 1 atom stereocenters. The van der Waals surface area contributed by atoms with Gasteiger partial charge in [0.2, 0.25) is 0 Å². The molecule has 0 aromatic heterocycles. The van der Waals surface area contributed by atoms with Gasteiger partial charge in [0.15, 0.2) is 6.10 Å². The molecule has 75 heavy (non-hydrogen) atoms. The van der Waals surface area contributed by atoms with Crippen LogP contribution in [0.2, 0.25) is 0 Å².